The highest BCUT2D eigenvalue weighted by atomic mass is 35.5. The van der Waals surface area contributed by atoms with Crippen molar-refractivity contribution in [2.45, 2.75) is 32.5 Å². The number of hydrogen-bond acceptors (Lipinski definition) is 1. The molecule has 1 rings (SSSR count). The van der Waals surface area contributed by atoms with E-state index in [0.717, 1.165) is 24.3 Å². The van der Waals surface area contributed by atoms with Crippen LogP contribution in [0.25, 0.3) is 0 Å². The molecule has 0 unspecified atom stereocenters. The second-order valence-corrected chi connectivity index (χ2v) is 9.46. The quantitative estimate of drug-likeness (QED) is 0.477. The van der Waals surface area contributed by atoms with Crippen molar-refractivity contribution in [3.05, 3.63) is 41.6 Å². The summed E-state index contributed by atoms with van der Waals surface area (Å²) in [5.41, 5.74) is 3.40. The summed E-state index contributed by atoms with van der Waals surface area (Å²) in [6.07, 6.45) is 4.31. The fourth-order valence-corrected chi connectivity index (χ4v) is 4.56. The monoisotopic (exact) mass is 268 g/mol. The van der Waals surface area contributed by atoms with Gasteiger partial charge < -0.3 is 5.11 Å². The molecule has 0 aliphatic carbocycles. The molecule has 0 fully saturated rings. The lowest BCUT2D eigenvalue weighted by molar-refractivity contribution is 0.283. The number of benzene rings is 1. The van der Waals surface area contributed by atoms with E-state index in [1.54, 1.807) is 0 Å². The average molecular weight is 269 g/mol. The third-order valence-corrected chi connectivity index (χ3v) is 6.13. The predicted octanol–water partition coefficient (Wildman–Crippen LogP) is 3.21. The number of halogens is 1. The van der Waals surface area contributed by atoms with E-state index in [4.69, 9.17) is 11.6 Å². The van der Waals surface area contributed by atoms with Gasteiger partial charge in [0.25, 0.3) is 0 Å². The van der Waals surface area contributed by atoms with Crippen molar-refractivity contribution in [1.82, 2.24) is 0 Å². The summed E-state index contributed by atoms with van der Waals surface area (Å²) in [6, 6.07) is 8.19. The molecule has 1 aromatic rings. The highest BCUT2D eigenvalue weighted by Crippen LogP contribution is 2.10. The van der Waals surface area contributed by atoms with Crippen LogP contribution in [-0.4, -0.2) is 19.1 Å². The fourth-order valence-electron chi connectivity index (χ4n) is 1.95. The summed E-state index contributed by atoms with van der Waals surface area (Å²) in [5, 5.41) is 10.7. The van der Waals surface area contributed by atoms with Crippen molar-refractivity contribution in [2.24, 2.45) is 0 Å². The number of hydrogen-bond donors (Lipinski definition) is 1. The van der Waals surface area contributed by atoms with Gasteiger partial charge in [-0.25, -0.2) is 0 Å². The molecule has 0 saturated carbocycles. The molecule has 0 radical (unpaired) electrons. The van der Waals surface area contributed by atoms with Crippen LogP contribution < -0.4 is 5.19 Å². The lowest BCUT2D eigenvalue weighted by Crippen LogP contribution is -2.41. The van der Waals surface area contributed by atoms with Crippen LogP contribution in [0.4, 0.5) is 0 Å². The van der Waals surface area contributed by atoms with Crippen LogP contribution in [0.15, 0.2) is 36.0 Å². The summed E-state index contributed by atoms with van der Waals surface area (Å²) in [5.74, 6) is 0.722. The minimum atomic E-state index is -1.58. The van der Waals surface area contributed by atoms with E-state index in [9.17, 15) is 5.11 Å². The maximum Gasteiger partial charge on any atom is 0.104 e. The van der Waals surface area contributed by atoms with Gasteiger partial charge in [-0.05, 0) is 23.6 Å². The molecule has 1 N–H and O–H groups in total. The Balaban J connectivity index is 2.84. The summed E-state index contributed by atoms with van der Waals surface area (Å²) >= 11 is 5.66. The Kier molecular flexibility index (Phi) is 5.96. The zero-order valence-corrected chi connectivity index (χ0v) is 12.4. The van der Waals surface area contributed by atoms with E-state index in [0.29, 0.717) is 0 Å². The lowest BCUT2D eigenvalue weighted by Gasteiger charge is -2.21. The third-order valence-electron chi connectivity index (χ3n) is 2.92. The van der Waals surface area contributed by atoms with Gasteiger partial charge in [0, 0.05) is 5.88 Å². The second kappa shape index (κ2) is 6.99. The van der Waals surface area contributed by atoms with Crippen molar-refractivity contribution < 1.29 is 5.11 Å². The Morgan fingerprint density at radius 2 is 2.00 bits per heavy atom. The van der Waals surface area contributed by atoms with Crippen LogP contribution in [0, 0.1) is 0 Å². The first-order valence-electron chi connectivity index (χ1n) is 6.04. The highest BCUT2D eigenvalue weighted by Gasteiger charge is 2.22. The van der Waals surface area contributed by atoms with Crippen molar-refractivity contribution in [1.29, 1.82) is 0 Å². The molecule has 3 heteroatoms. The molecule has 0 saturated heterocycles. The van der Waals surface area contributed by atoms with Crippen LogP contribution in [0.2, 0.25) is 13.1 Å². The topological polar surface area (TPSA) is 20.2 Å². The van der Waals surface area contributed by atoms with E-state index in [1.165, 1.54) is 5.19 Å². The number of allylic oxidation sites excluding steroid dienone is 1. The Hall–Kier alpha value is -0.573. The minimum absolute atomic E-state index is 0.127. The predicted molar refractivity (Wildman–Crippen MR) is 78.6 cm³/mol. The smallest absolute Gasteiger partial charge is 0.104 e. The van der Waals surface area contributed by atoms with Crippen molar-refractivity contribution in [3.8, 4) is 0 Å². The Labute approximate surface area is 110 Å². The second-order valence-electron chi connectivity index (χ2n) is 4.77. The summed E-state index contributed by atoms with van der Waals surface area (Å²) in [7, 11) is -1.58. The molecule has 94 valence electrons. The first kappa shape index (κ1) is 14.5. The van der Waals surface area contributed by atoms with Gasteiger partial charge in [0.1, 0.15) is 8.07 Å². The molecule has 0 aromatic heterocycles. The molecule has 0 amide bonds. The molecule has 0 aliphatic heterocycles. The van der Waals surface area contributed by atoms with Crippen LogP contribution in [0.3, 0.4) is 0 Å². The normalized spacial score (nSPS) is 12.2. The van der Waals surface area contributed by atoms with Gasteiger partial charge in [-0.3, -0.25) is 0 Å². The van der Waals surface area contributed by atoms with Gasteiger partial charge in [-0.2, -0.15) is 0 Å². The van der Waals surface area contributed by atoms with Crippen molar-refractivity contribution in [2.75, 3.05) is 5.88 Å². The zero-order valence-electron chi connectivity index (χ0n) is 10.6. The molecule has 0 spiro atoms. The summed E-state index contributed by atoms with van der Waals surface area (Å²) in [6.45, 7) is 4.74. The first-order valence-corrected chi connectivity index (χ1v) is 9.66. The molecule has 17 heavy (non-hydrogen) atoms. The maximum atomic E-state index is 9.37. The van der Waals surface area contributed by atoms with Crippen LogP contribution in [0.1, 0.15) is 18.4 Å². The Morgan fingerprint density at radius 3 is 2.65 bits per heavy atom. The Bertz CT molecular complexity index is 374. The molecule has 0 atom stereocenters. The number of aliphatic hydroxyl groups is 1. The lowest BCUT2D eigenvalue weighted by atomic mass is 10.2. The van der Waals surface area contributed by atoms with Gasteiger partial charge in [0.05, 0.1) is 6.61 Å². The zero-order chi connectivity index (χ0) is 12.7. The van der Waals surface area contributed by atoms with Crippen molar-refractivity contribution >= 4 is 24.9 Å². The van der Waals surface area contributed by atoms with Crippen LogP contribution in [-0.2, 0) is 6.61 Å². The molecule has 0 heterocycles. The van der Waals surface area contributed by atoms with Gasteiger partial charge in [-0.1, -0.05) is 49.1 Å². The van der Waals surface area contributed by atoms with Gasteiger partial charge in [-0.15, -0.1) is 11.6 Å². The highest BCUT2D eigenvalue weighted by molar-refractivity contribution is 6.94. The van der Waals surface area contributed by atoms with Gasteiger partial charge >= 0.3 is 0 Å². The molecule has 1 aromatic carbocycles. The van der Waals surface area contributed by atoms with E-state index < -0.39 is 8.07 Å². The maximum absolute atomic E-state index is 9.37. The standard InChI is InChI=1S/C14H21ClOSi/c1-17(2,11-7-3-6-10-15)14-9-5-4-8-13(14)12-16/h4-5,7-9,11,16H,3,6,10,12H2,1-2H3/b11-7+. The average Bonchev–Trinajstić information content (AvgIpc) is 2.34. The molecule has 0 aliphatic rings. The van der Waals surface area contributed by atoms with E-state index in [1.807, 2.05) is 12.1 Å². The van der Waals surface area contributed by atoms with Crippen molar-refractivity contribution in [3.63, 3.8) is 0 Å². The number of rotatable bonds is 6. The third kappa shape index (κ3) is 4.30. The molecular formula is C14H21ClOSi. The SMILES string of the molecule is C[Si](C)(/C=C/CCCCl)c1ccccc1CO. The van der Waals surface area contributed by atoms with Crippen LogP contribution in [0.5, 0.6) is 0 Å². The summed E-state index contributed by atoms with van der Waals surface area (Å²) in [4.78, 5) is 0. The number of aliphatic hydroxyl groups excluding tert-OH is 1. The Morgan fingerprint density at radius 1 is 1.29 bits per heavy atom. The van der Waals surface area contributed by atoms with Crippen LogP contribution >= 0.6 is 11.6 Å². The van der Waals surface area contributed by atoms with E-state index in [2.05, 4.69) is 37.0 Å². The number of unbranched alkanes of at least 4 members (excludes halogenated alkanes) is 1. The van der Waals surface area contributed by atoms with E-state index in [-0.39, 0.29) is 6.61 Å². The largest absolute Gasteiger partial charge is 0.392 e. The molecular weight excluding hydrogens is 248 g/mol. The fraction of sp³-hybridized carbons (Fsp3) is 0.429. The molecule has 0 bridgehead atoms. The first-order chi connectivity index (χ1) is 8.11. The summed E-state index contributed by atoms with van der Waals surface area (Å²) < 4.78 is 0. The minimum Gasteiger partial charge on any atom is -0.392 e. The van der Waals surface area contributed by atoms with E-state index >= 15 is 0 Å². The number of alkyl halides is 1. The van der Waals surface area contributed by atoms with Gasteiger partial charge in [0.15, 0.2) is 0 Å². The van der Waals surface area contributed by atoms with Gasteiger partial charge in [0.2, 0.25) is 0 Å². The molecule has 1 nitrogen and oxygen atoms in total.